The zero-order valence-corrected chi connectivity index (χ0v) is 13.7. The fourth-order valence-corrected chi connectivity index (χ4v) is 3.05. The Balaban J connectivity index is 1.55. The predicted octanol–water partition coefficient (Wildman–Crippen LogP) is 2.82. The summed E-state index contributed by atoms with van der Waals surface area (Å²) < 4.78 is 47.1. The second kappa shape index (κ2) is 6.22. The van der Waals surface area contributed by atoms with Gasteiger partial charge in [-0.05, 0) is 18.6 Å². The van der Waals surface area contributed by atoms with Crippen molar-refractivity contribution in [2.24, 2.45) is 0 Å². The number of nitrogens with zero attached hydrogens (tertiary/aromatic N) is 3. The molecule has 0 aliphatic carbocycles. The lowest BCUT2D eigenvalue weighted by Gasteiger charge is -2.15. The van der Waals surface area contributed by atoms with Gasteiger partial charge in [0.05, 0.1) is 0 Å². The highest BCUT2D eigenvalue weighted by molar-refractivity contribution is 5.96. The van der Waals surface area contributed by atoms with Crippen molar-refractivity contribution in [1.82, 2.24) is 15.0 Å². The van der Waals surface area contributed by atoms with Gasteiger partial charge in [-0.1, -0.05) is 23.4 Å². The van der Waals surface area contributed by atoms with Crippen LogP contribution in [0.3, 0.4) is 0 Å². The van der Waals surface area contributed by atoms with Gasteiger partial charge in [0.2, 0.25) is 0 Å². The molecule has 7 nitrogen and oxygen atoms in total. The molecule has 3 heterocycles. The van der Waals surface area contributed by atoms with Crippen molar-refractivity contribution < 1.29 is 26.9 Å². The molecular formula is C17H12F3N3O4. The molecule has 1 fully saturated rings. The van der Waals surface area contributed by atoms with Crippen molar-refractivity contribution in [3.8, 4) is 0 Å². The quantitative estimate of drug-likeness (QED) is 0.636. The van der Waals surface area contributed by atoms with E-state index in [2.05, 4.69) is 14.7 Å². The van der Waals surface area contributed by atoms with Crippen LogP contribution in [0.15, 0.2) is 44.1 Å². The van der Waals surface area contributed by atoms with Gasteiger partial charge in [0, 0.05) is 24.4 Å². The first-order chi connectivity index (χ1) is 12.8. The average molecular weight is 379 g/mol. The first-order valence-electron chi connectivity index (χ1n) is 8.06. The summed E-state index contributed by atoms with van der Waals surface area (Å²) in [5.41, 5.74) is -0.524. The van der Waals surface area contributed by atoms with Gasteiger partial charge in [-0.25, -0.2) is 4.79 Å². The minimum Gasteiger partial charge on any atom is -0.422 e. The number of carbonyl (C=O) groups is 1. The molecule has 10 heteroatoms. The number of amides is 1. The molecule has 0 bridgehead atoms. The number of para-hydroxylation sites is 1. The number of hydrogen-bond acceptors (Lipinski definition) is 6. The largest absolute Gasteiger partial charge is 0.471 e. The normalized spacial score (nSPS) is 17.6. The second-order valence-electron chi connectivity index (χ2n) is 6.18. The van der Waals surface area contributed by atoms with Gasteiger partial charge in [-0.15, -0.1) is 0 Å². The van der Waals surface area contributed by atoms with Crippen molar-refractivity contribution in [2.45, 2.75) is 18.5 Å². The van der Waals surface area contributed by atoms with Crippen LogP contribution in [0.5, 0.6) is 0 Å². The zero-order valence-electron chi connectivity index (χ0n) is 13.7. The van der Waals surface area contributed by atoms with E-state index in [9.17, 15) is 22.8 Å². The molecule has 0 radical (unpaired) electrons. The molecule has 0 spiro atoms. The molecule has 1 atom stereocenters. The predicted molar refractivity (Wildman–Crippen MR) is 85.0 cm³/mol. The summed E-state index contributed by atoms with van der Waals surface area (Å²) in [7, 11) is 0. The molecule has 4 rings (SSSR count). The highest BCUT2D eigenvalue weighted by Gasteiger charge is 2.40. The number of rotatable bonds is 2. The number of hydrogen-bond donors (Lipinski definition) is 0. The number of benzene rings is 1. The Kier molecular flexibility index (Phi) is 3.97. The fourth-order valence-electron chi connectivity index (χ4n) is 3.05. The molecule has 0 unspecified atom stereocenters. The molecule has 140 valence electrons. The van der Waals surface area contributed by atoms with Crippen LogP contribution in [-0.2, 0) is 6.18 Å². The summed E-state index contributed by atoms with van der Waals surface area (Å²) in [6.07, 6.45) is -4.36. The van der Waals surface area contributed by atoms with Gasteiger partial charge in [-0.2, -0.15) is 18.2 Å². The van der Waals surface area contributed by atoms with Gasteiger partial charge in [0.1, 0.15) is 11.1 Å². The number of fused-ring (bicyclic) bond motifs is 1. The van der Waals surface area contributed by atoms with Crippen LogP contribution in [0, 0.1) is 0 Å². The van der Waals surface area contributed by atoms with Crippen molar-refractivity contribution in [3.63, 3.8) is 0 Å². The maximum absolute atomic E-state index is 12.7. The molecule has 1 aromatic carbocycles. The molecule has 27 heavy (non-hydrogen) atoms. The lowest BCUT2D eigenvalue weighted by atomic mass is 10.1. The Hall–Kier alpha value is -3.17. The molecule has 1 amide bonds. The number of aromatic nitrogens is 2. The Morgan fingerprint density at radius 3 is 2.78 bits per heavy atom. The lowest BCUT2D eigenvalue weighted by molar-refractivity contribution is -0.159. The average Bonchev–Trinajstić information content (AvgIpc) is 3.29. The Labute approximate surface area is 149 Å². The molecule has 1 aliphatic heterocycles. The van der Waals surface area contributed by atoms with E-state index < -0.39 is 29.5 Å². The molecular weight excluding hydrogens is 367 g/mol. The maximum atomic E-state index is 12.7. The number of likely N-dealkylation sites (tertiary alicyclic amines) is 1. The van der Waals surface area contributed by atoms with Crippen LogP contribution in [0.1, 0.15) is 34.4 Å². The van der Waals surface area contributed by atoms with E-state index in [1.54, 1.807) is 24.3 Å². The summed E-state index contributed by atoms with van der Waals surface area (Å²) in [5.74, 6) is -2.57. The van der Waals surface area contributed by atoms with Gasteiger partial charge >= 0.3 is 17.7 Å². The van der Waals surface area contributed by atoms with E-state index in [-0.39, 0.29) is 24.5 Å². The molecule has 2 aromatic heterocycles. The van der Waals surface area contributed by atoms with Crippen molar-refractivity contribution in [1.29, 1.82) is 0 Å². The third-order valence-corrected chi connectivity index (χ3v) is 4.40. The van der Waals surface area contributed by atoms with Crippen LogP contribution in [0.25, 0.3) is 11.0 Å². The molecule has 0 saturated carbocycles. The first-order valence-corrected chi connectivity index (χ1v) is 8.06. The second-order valence-corrected chi connectivity index (χ2v) is 6.18. The first kappa shape index (κ1) is 17.3. The van der Waals surface area contributed by atoms with E-state index in [1.807, 2.05) is 0 Å². The molecule has 3 aromatic rings. The monoisotopic (exact) mass is 379 g/mol. The topological polar surface area (TPSA) is 89.4 Å². The van der Waals surface area contributed by atoms with Gasteiger partial charge in [0.15, 0.2) is 5.82 Å². The van der Waals surface area contributed by atoms with Gasteiger partial charge in [0.25, 0.3) is 5.91 Å². The van der Waals surface area contributed by atoms with E-state index in [1.165, 1.54) is 11.0 Å². The summed E-state index contributed by atoms with van der Waals surface area (Å²) in [4.78, 5) is 29.5. The van der Waals surface area contributed by atoms with E-state index >= 15 is 0 Å². The van der Waals surface area contributed by atoms with Crippen LogP contribution >= 0.6 is 0 Å². The summed E-state index contributed by atoms with van der Waals surface area (Å²) in [6.45, 7) is 0.341. The molecule has 1 saturated heterocycles. The maximum Gasteiger partial charge on any atom is 0.471 e. The summed E-state index contributed by atoms with van der Waals surface area (Å²) in [6, 6.07) is 8.23. The number of carbonyl (C=O) groups excluding carboxylic acids is 1. The van der Waals surface area contributed by atoms with Crippen LogP contribution in [0.2, 0.25) is 0 Å². The van der Waals surface area contributed by atoms with Crippen molar-refractivity contribution in [3.05, 3.63) is 58.0 Å². The third kappa shape index (κ3) is 3.18. The standard InChI is InChI=1S/C17H12F3N3O4/c18-17(19,20)16-21-13(22-27-16)10-5-6-23(8-10)14(24)11-7-9-3-1-2-4-12(9)26-15(11)25/h1-4,7,10H,5-6,8H2/t10-/m1/s1. The number of alkyl halides is 3. The SMILES string of the molecule is O=C(c1cc2ccccc2oc1=O)N1CC[C@@H](c2noc(C(F)(F)F)n2)C1. The van der Waals surface area contributed by atoms with Crippen LogP contribution in [0.4, 0.5) is 13.2 Å². The fraction of sp³-hybridized carbons (Fsp3) is 0.294. The summed E-state index contributed by atoms with van der Waals surface area (Å²) >= 11 is 0. The molecule has 0 N–H and O–H groups in total. The van der Waals surface area contributed by atoms with Crippen LogP contribution < -0.4 is 5.63 Å². The zero-order chi connectivity index (χ0) is 19.2. The van der Waals surface area contributed by atoms with Crippen molar-refractivity contribution in [2.75, 3.05) is 13.1 Å². The number of halogens is 3. The van der Waals surface area contributed by atoms with Gasteiger partial charge in [-0.3, -0.25) is 4.79 Å². The van der Waals surface area contributed by atoms with Crippen molar-refractivity contribution >= 4 is 16.9 Å². The Morgan fingerprint density at radius 2 is 2.04 bits per heavy atom. The van der Waals surface area contributed by atoms with E-state index in [0.717, 1.165) is 0 Å². The van der Waals surface area contributed by atoms with E-state index in [0.29, 0.717) is 17.4 Å². The van der Waals surface area contributed by atoms with E-state index in [4.69, 9.17) is 4.42 Å². The third-order valence-electron chi connectivity index (χ3n) is 4.40. The lowest BCUT2D eigenvalue weighted by Crippen LogP contribution is -2.32. The minimum atomic E-state index is -4.72. The minimum absolute atomic E-state index is 0.0852. The highest BCUT2D eigenvalue weighted by atomic mass is 19.4. The summed E-state index contributed by atoms with van der Waals surface area (Å²) in [5, 5.41) is 3.97. The van der Waals surface area contributed by atoms with Gasteiger partial charge < -0.3 is 13.8 Å². The Bertz CT molecular complexity index is 1070. The van der Waals surface area contributed by atoms with Crippen LogP contribution in [-0.4, -0.2) is 34.0 Å². The highest BCUT2D eigenvalue weighted by Crippen LogP contribution is 2.31. The smallest absolute Gasteiger partial charge is 0.422 e. The Morgan fingerprint density at radius 1 is 1.26 bits per heavy atom. The molecule has 1 aliphatic rings.